The number of hydrogen-bond donors (Lipinski definition) is 1. The predicted octanol–water partition coefficient (Wildman–Crippen LogP) is 2.47. The zero-order valence-corrected chi connectivity index (χ0v) is 11.2. The molecular weight excluding hydrogens is 222 g/mol. The van der Waals surface area contributed by atoms with Crippen molar-refractivity contribution in [3.63, 3.8) is 0 Å². The summed E-state index contributed by atoms with van der Waals surface area (Å²) in [4.78, 5) is 12.4. The number of nitrogens with one attached hydrogen (secondary N) is 1. The third-order valence-electron chi connectivity index (χ3n) is 3.36. The Morgan fingerprint density at radius 1 is 1.44 bits per heavy atom. The van der Waals surface area contributed by atoms with Gasteiger partial charge in [-0.15, -0.1) is 6.42 Å². The number of carbonyl (C=O) groups excluding carboxylic acids is 1. The lowest BCUT2D eigenvalue weighted by atomic mass is 9.80. The largest absolute Gasteiger partial charge is 0.303 e. The molecule has 0 spiro atoms. The molecule has 0 aromatic heterocycles. The van der Waals surface area contributed by atoms with Crippen LogP contribution in [0.2, 0.25) is 0 Å². The highest BCUT2D eigenvalue weighted by Gasteiger charge is 2.33. The molecule has 0 amide bonds. The van der Waals surface area contributed by atoms with Gasteiger partial charge in [-0.25, -0.2) is 0 Å². The zero-order valence-electron chi connectivity index (χ0n) is 11.2. The first kappa shape index (κ1) is 12.9. The Balaban J connectivity index is 2.41. The smallest absolute Gasteiger partial charge is 0.159 e. The lowest BCUT2D eigenvalue weighted by Gasteiger charge is -2.30. The average Bonchev–Trinajstić information content (AvgIpc) is 2.35. The van der Waals surface area contributed by atoms with E-state index in [-0.39, 0.29) is 17.2 Å². The Kier molecular flexibility index (Phi) is 3.28. The van der Waals surface area contributed by atoms with Gasteiger partial charge in [-0.2, -0.15) is 0 Å². The van der Waals surface area contributed by atoms with Crippen LogP contribution in [0.5, 0.6) is 0 Å². The molecule has 0 radical (unpaired) electrons. The first-order chi connectivity index (χ1) is 8.43. The summed E-state index contributed by atoms with van der Waals surface area (Å²) in [5, 5.41) is 3.32. The minimum absolute atomic E-state index is 0.194. The van der Waals surface area contributed by atoms with Gasteiger partial charge in [-0.05, 0) is 29.7 Å². The van der Waals surface area contributed by atoms with Crippen LogP contribution in [0.15, 0.2) is 18.2 Å². The van der Waals surface area contributed by atoms with Crippen molar-refractivity contribution in [2.75, 3.05) is 6.54 Å². The van der Waals surface area contributed by atoms with Gasteiger partial charge >= 0.3 is 0 Å². The summed E-state index contributed by atoms with van der Waals surface area (Å²) in [6, 6.07) is 5.74. The van der Waals surface area contributed by atoms with Crippen LogP contribution in [-0.2, 0) is 11.2 Å². The Labute approximate surface area is 109 Å². The summed E-state index contributed by atoms with van der Waals surface area (Å²) in [6.45, 7) is 6.71. The van der Waals surface area contributed by atoms with Gasteiger partial charge < -0.3 is 5.32 Å². The molecule has 2 rings (SSSR count). The lowest BCUT2D eigenvalue weighted by molar-refractivity contribution is -0.128. The fraction of sp³-hybridized carbons (Fsp3) is 0.438. The van der Waals surface area contributed by atoms with Gasteiger partial charge in [0.1, 0.15) is 0 Å². The molecule has 0 bridgehead atoms. The van der Waals surface area contributed by atoms with Crippen molar-refractivity contribution >= 4 is 5.78 Å². The van der Waals surface area contributed by atoms with Crippen LogP contribution in [0.4, 0.5) is 0 Å². The van der Waals surface area contributed by atoms with E-state index in [0.29, 0.717) is 0 Å². The van der Waals surface area contributed by atoms with Crippen molar-refractivity contribution in [1.29, 1.82) is 0 Å². The second kappa shape index (κ2) is 4.59. The van der Waals surface area contributed by atoms with E-state index in [0.717, 1.165) is 24.1 Å². The van der Waals surface area contributed by atoms with Crippen molar-refractivity contribution in [3.05, 3.63) is 34.9 Å². The first-order valence-corrected chi connectivity index (χ1v) is 6.30. The molecule has 1 aromatic rings. The van der Waals surface area contributed by atoms with Crippen molar-refractivity contribution in [3.8, 4) is 12.3 Å². The number of Topliss-reactive ketones (excluding diaryl/α,β-unsaturated/α-hetero) is 1. The molecule has 1 aromatic carbocycles. The highest BCUT2D eigenvalue weighted by atomic mass is 16.1. The standard InChI is InChI=1S/C16H19NO/c1-5-11-6-7-13-12(10-11)8-9-17-14(13)15(18)16(2,3)4/h1,6-7,10,14,17H,8-9H2,2-4H3. The fourth-order valence-electron chi connectivity index (χ4n) is 2.32. The van der Waals surface area contributed by atoms with Crippen LogP contribution >= 0.6 is 0 Å². The quantitative estimate of drug-likeness (QED) is 0.765. The summed E-state index contributed by atoms with van der Waals surface area (Å²) in [6.07, 6.45) is 6.34. The number of rotatable bonds is 1. The fourth-order valence-corrected chi connectivity index (χ4v) is 2.32. The molecule has 1 aliphatic heterocycles. The third-order valence-corrected chi connectivity index (χ3v) is 3.36. The van der Waals surface area contributed by atoms with E-state index in [1.807, 2.05) is 39.0 Å². The molecule has 18 heavy (non-hydrogen) atoms. The van der Waals surface area contributed by atoms with E-state index in [9.17, 15) is 4.79 Å². The van der Waals surface area contributed by atoms with Gasteiger partial charge in [-0.1, -0.05) is 32.8 Å². The maximum Gasteiger partial charge on any atom is 0.159 e. The topological polar surface area (TPSA) is 29.1 Å². The summed E-state index contributed by atoms with van der Waals surface area (Å²) >= 11 is 0. The Morgan fingerprint density at radius 2 is 2.17 bits per heavy atom. The van der Waals surface area contributed by atoms with Gasteiger partial charge in [0.25, 0.3) is 0 Å². The van der Waals surface area contributed by atoms with Crippen molar-refractivity contribution < 1.29 is 4.79 Å². The number of benzene rings is 1. The summed E-state index contributed by atoms with van der Waals surface area (Å²) in [5.74, 6) is 2.88. The number of hydrogen-bond acceptors (Lipinski definition) is 2. The first-order valence-electron chi connectivity index (χ1n) is 6.30. The number of fused-ring (bicyclic) bond motifs is 1. The monoisotopic (exact) mass is 241 g/mol. The SMILES string of the molecule is C#Cc1ccc2c(c1)CCNC2C(=O)C(C)(C)C. The molecule has 1 unspecified atom stereocenters. The number of carbonyl (C=O) groups is 1. The summed E-state index contributed by atoms with van der Waals surface area (Å²) < 4.78 is 0. The maximum atomic E-state index is 12.4. The Morgan fingerprint density at radius 3 is 2.78 bits per heavy atom. The lowest BCUT2D eigenvalue weighted by Crippen LogP contribution is -2.40. The molecule has 2 nitrogen and oxygen atoms in total. The van der Waals surface area contributed by atoms with Crippen molar-refractivity contribution in [2.24, 2.45) is 5.41 Å². The van der Waals surface area contributed by atoms with Gasteiger partial charge in [-0.3, -0.25) is 4.79 Å². The molecule has 2 heteroatoms. The second-order valence-electron chi connectivity index (χ2n) is 5.81. The van der Waals surface area contributed by atoms with Gasteiger partial charge in [0.15, 0.2) is 5.78 Å². The summed E-state index contributed by atoms with van der Waals surface area (Å²) in [5.41, 5.74) is 2.83. The minimum Gasteiger partial charge on any atom is -0.303 e. The van der Waals surface area contributed by atoms with Gasteiger partial charge in [0.05, 0.1) is 6.04 Å². The van der Waals surface area contributed by atoms with Gasteiger partial charge in [0.2, 0.25) is 0 Å². The van der Waals surface area contributed by atoms with Crippen LogP contribution in [-0.4, -0.2) is 12.3 Å². The average molecular weight is 241 g/mol. The molecule has 0 saturated heterocycles. The van der Waals surface area contributed by atoms with Crippen LogP contribution in [0.1, 0.15) is 43.5 Å². The molecule has 1 atom stereocenters. The molecule has 0 saturated carbocycles. The van der Waals surface area contributed by atoms with Crippen LogP contribution in [0.3, 0.4) is 0 Å². The third kappa shape index (κ3) is 2.32. The molecule has 94 valence electrons. The van der Waals surface area contributed by atoms with E-state index in [4.69, 9.17) is 6.42 Å². The normalized spacial score (nSPS) is 18.9. The molecule has 0 aliphatic carbocycles. The molecular formula is C16H19NO. The molecule has 1 N–H and O–H groups in total. The second-order valence-corrected chi connectivity index (χ2v) is 5.81. The molecule has 1 aliphatic rings. The minimum atomic E-state index is -0.336. The van der Waals surface area contributed by atoms with Crippen LogP contribution in [0, 0.1) is 17.8 Å². The highest BCUT2D eigenvalue weighted by Crippen LogP contribution is 2.30. The van der Waals surface area contributed by atoms with Gasteiger partial charge in [0, 0.05) is 17.5 Å². The molecule has 1 heterocycles. The number of terminal acetylenes is 1. The van der Waals surface area contributed by atoms with Crippen molar-refractivity contribution in [1.82, 2.24) is 5.32 Å². The predicted molar refractivity (Wildman–Crippen MR) is 73.3 cm³/mol. The number of ketones is 1. The highest BCUT2D eigenvalue weighted by molar-refractivity contribution is 5.90. The summed E-state index contributed by atoms with van der Waals surface area (Å²) in [7, 11) is 0. The maximum absolute atomic E-state index is 12.4. The molecule has 0 fully saturated rings. The zero-order chi connectivity index (χ0) is 13.3. The van der Waals surface area contributed by atoms with E-state index in [2.05, 4.69) is 11.2 Å². The van der Waals surface area contributed by atoms with E-state index in [1.165, 1.54) is 5.56 Å². The van der Waals surface area contributed by atoms with Crippen LogP contribution < -0.4 is 5.32 Å². The Hall–Kier alpha value is -1.59. The van der Waals surface area contributed by atoms with Crippen LogP contribution in [0.25, 0.3) is 0 Å². The van der Waals surface area contributed by atoms with E-state index < -0.39 is 0 Å². The van der Waals surface area contributed by atoms with E-state index >= 15 is 0 Å². The van der Waals surface area contributed by atoms with Crippen molar-refractivity contribution in [2.45, 2.75) is 33.2 Å². The van der Waals surface area contributed by atoms with E-state index in [1.54, 1.807) is 0 Å². The Bertz CT molecular complexity index is 517.